The van der Waals surface area contributed by atoms with Crippen molar-refractivity contribution in [3.8, 4) is 0 Å². The molecule has 0 radical (unpaired) electrons. The minimum absolute atomic E-state index is 0.139. The monoisotopic (exact) mass is 202 g/mol. The van der Waals surface area contributed by atoms with Crippen molar-refractivity contribution in [1.29, 1.82) is 0 Å². The molecule has 0 spiro atoms. The Bertz CT molecular complexity index is 187. The van der Waals surface area contributed by atoms with E-state index in [4.69, 9.17) is 14.6 Å². The molecular formula is C10H18O4. The molecule has 1 aliphatic carbocycles. The maximum atomic E-state index is 10.6. The van der Waals surface area contributed by atoms with Crippen LogP contribution in [0.4, 0.5) is 0 Å². The zero-order chi connectivity index (χ0) is 10.4. The SMILES string of the molecule is COCCCOC1(CC(=O)O)CCC1. The van der Waals surface area contributed by atoms with Crippen LogP contribution in [0, 0.1) is 0 Å². The van der Waals surface area contributed by atoms with E-state index in [1.54, 1.807) is 7.11 Å². The second-order valence-corrected chi connectivity index (χ2v) is 3.80. The van der Waals surface area contributed by atoms with Gasteiger partial charge in [-0.2, -0.15) is 0 Å². The molecule has 0 aromatic heterocycles. The highest BCUT2D eigenvalue weighted by Crippen LogP contribution is 2.38. The molecule has 0 aliphatic heterocycles. The molecule has 0 unspecified atom stereocenters. The van der Waals surface area contributed by atoms with E-state index in [9.17, 15) is 4.79 Å². The summed E-state index contributed by atoms with van der Waals surface area (Å²) in [6.07, 6.45) is 3.81. The molecule has 1 fully saturated rings. The van der Waals surface area contributed by atoms with E-state index in [-0.39, 0.29) is 12.0 Å². The maximum Gasteiger partial charge on any atom is 0.306 e. The van der Waals surface area contributed by atoms with Crippen LogP contribution in [0.3, 0.4) is 0 Å². The van der Waals surface area contributed by atoms with E-state index in [1.807, 2.05) is 0 Å². The summed E-state index contributed by atoms with van der Waals surface area (Å²) in [4.78, 5) is 10.6. The summed E-state index contributed by atoms with van der Waals surface area (Å²) in [7, 11) is 1.65. The predicted molar refractivity (Wildman–Crippen MR) is 51.3 cm³/mol. The summed E-state index contributed by atoms with van der Waals surface area (Å²) in [5, 5.41) is 8.71. The number of methoxy groups -OCH3 is 1. The quantitative estimate of drug-likeness (QED) is 0.635. The molecule has 0 atom stereocenters. The lowest BCUT2D eigenvalue weighted by atomic mass is 9.77. The number of aliphatic carboxylic acids is 1. The Kier molecular flexibility index (Phi) is 4.35. The third-order valence-electron chi connectivity index (χ3n) is 2.64. The Balaban J connectivity index is 2.20. The highest BCUT2D eigenvalue weighted by molar-refractivity contribution is 5.68. The molecule has 0 saturated heterocycles. The summed E-state index contributed by atoms with van der Waals surface area (Å²) in [6, 6.07) is 0. The van der Waals surface area contributed by atoms with Gasteiger partial charge >= 0.3 is 5.97 Å². The summed E-state index contributed by atoms with van der Waals surface area (Å²) in [5.41, 5.74) is -0.362. The molecule has 4 heteroatoms. The van der Waals surface area contributed by atoms with E-state index in [0.717, 1.165) is 25.7 Å². The lowest BCUT2D eigenvalue weighted by molar-refractivity contribution is -0.154. The first-order valence-electron chi connectivity index (χ1n) is 5.03. The number of ether oxygens (including phenoxy) is 2. The third-order valence-corrected chi connectivity index (χ3v) is 2.64. The molecule has 4 nitrogen and oxygen atoms in total. The van der Waals surface area contributed by atoms with Gasteiger partial charge in [-0.1, -0.05) is 0 Å². The fourth-order valence-corrected chi connectivity index (χ4v) is 1.71. The van der Waals surface area contributed by atoms with Gasteiger partial charge in [-0.25, -0.2) is 0 Å². The molecule has 82 valence electrons. The minimum Gasteiger partial charge on any atom is -0.481 e. The summed E-state index contributed by atoms with van der Waals surface area (Å²) < 4.78 is 10.5. The van der Waals surface area contributed by atoms with E-state index in [2.05, 4.69) is 0 Å². The van der Waals surface area contributed by atoms with Crippen LogP contribution in [-0.4, -0.2) is 37.0 Å². The predicted octanol–water partition coefficient (Wildman–Crippen LogP) is 1.44. The fraction of sp³-hybridized carbons (Fsp3) is 0.900. The average molecular weight is 202 g/mol. The first-order valence-corrected chi connectivity index (χ1v) is 5.03. The van der Waals surface area contributed by atoms with Crippen molar-refractivity contribution in [2.24, 2.45) is 0 Å². The van der Waals surface area contributed by atoms with Gasteiger partial charge < -0.3 is 14.6 Å². The van der Waals surface area contributed by atoms with Crippen LogP contribution >= 0.6 is 0 Å². The normalized spacial score (nSPS) is 18.9. The zero-order valence-corrected chi connectivity index (χ0v) is 8.62. The summed E-state index contributed by atoms with van der Waals surface area (Å²) in [6.45, 7) is 1.27. The molecule has 14 heavy (non-hydrogen) atoms. The lowest BCUT2D eigenvalue weighted by Crippen LogP contribution is -2.42. The Morgan fingerprint density at radius 3 is 2.57 bits per heavy atom. The van der Waals surface area contributed by atoms with Crippen LogP contribution in [0.2, 0.25) is 0 Å². The molecular weight excluding hydrogens is 184 g/mol. The Morgan fingerprint density at radius 1 is 1.43 bits per heavy atom. The van der Waals surface area contributed by atoms with Crippen molar-refractivity contribution in [2.75, 3.05) is 20.3 Å². The Labute approximate surface area is 84.2 Å². The van der Waals surface area contributed by atoms with E-state index in [1.165, 1.54) is 0 Å². The molecule has 0 aromatic carbocycles. The van der Waals surface area contributed by atoms with Gasteiger partial charge in [-0.15, -0.1) is 0 Å². The van der Waals surface area contributed by atoms with Crippen molar-refractivity contribution < 1.29 is 19.4 Å². The molecule has 1 N–H and O–H groups in total. The Hall–Kier alpha value is -0.610. The lowest BCUT2D eigenvalue weighted by Gasteiger charge is -2.40. The molecule has 0 bridgehead atoms. The minimum atomic E-state index is -0.767. The smallest absolute Gasteiger partial charge is 0.306 e. The van der Waals surface area contributed by atoms with Crippen LogP contribution in [0.15, 0.2) is 0 Å². The zero-order valence-electron chi connectivity index (χ0n) is 8.62. The second kappa shape index (κ2) is 5.32. The van der Waals surface area contributed by atoms with Gasteiger partial charge in [0.2, 0.25) is 0 Å². The van der Waals surface area contributed by atoms with Crippen LogP contribution < -0.4 is 0 Å². The van der Waals surface area contributed by atoms with E-state index < -0.39 is 5.97 Å². The van der Waals surface area contributed by atoms with Gasteiger partial charge in [0.1, 0.15) is 0 Å². The number of hydrogen-bond donors (Lipinski definition) is 1. The van der Waals surface area contributed by atoms with E-state index in [0.29, 0.717) is 13.2 Å². The van der Waals surface area contributed by atoms with Crippen LogP contribution in [0.1, 0.15) is 32.1 Å². The average Bonchev–Trinajstić information content (AvgIpc) is 2.07. The van der Waals surface area contributed by atoms with Gasteiger partial charge in [0.15, 0.2) is 0 Å². The molecule has 0 amide bonds. The molecule has 0 heterocycles. The van der Waals surface area contributed by atoms with Gasteiger partial charge in [-0.3, -0.25) is 4.79 Å². The van der Waals surface area contributed by atoms with Gasteiger partial charge in [-0.05, 0) is 25.7 Å². The van der Waals surface area contributed by atoms with Gasteiger partial charge in [0.05, 0.1) is 12.0 Å². The van der Waals surface area contributed by atoms with Gasteiger partial charge in [0, 0.05) is 20.3 Å². The van der Waals surface area contributed by atoms with Crippen molar-refractivity contribution in [3.63, 3.8) is 0 Å². The van der Waals surface area contributed by atoms with Crippen molar-refractivity contribution in [1.82, 2.24) is 0 Å². The highest BCUT2D eigenvalue weighted by Gasteiger charge is 2.39. The maximum absolute atomic E-state index is 10.6. The van der Waals surface area contributed by atoms with Gasteiger partial charge in [0.25, 0.3) is 0 Å². The fourth-order valence-electron chi connectivity index (χ4n) is 1.71. The summed E-state index contributed by atoms with van der Waals surface area (Å²) >= 11 is 0. The molecule has 0 aromatic rings. The number of hydrogen-bond acceptors (Lipinski definition) is 3. The third kappa shape index (κ3) is 3.27. The van der Waals surface area contributed by atoms with E-state index >= 15 is 0 Å². The number of carbonyl (C=O) groups is 1. The molecule has 1 aliphatic rings. The first-order chi connectivity index (χ1) is 6.68. The summed E-state index contributed by atoms with van der Waals surface area (Å²) in [5.74, 6) is -0.767. The standard InChI is InChI=1S/C10H18O4/c1-13-6-3-7-14-10(4-2-5-10)8-9(11)12/h2-8H2,1H3,(H,11,12). The Morgan fingerprint density at radius 2 is 2.14 bits per heavy atom. The number of rotatable bonds is 7. The van der Waals surface area contributed by atoms with Crippen molar-refractivity contribution in [3.05, 3.63) is 0 Å². The van der Waals surface area contributed by atoms with Crippen molar-refractivity contribution in [2.45, 2.75) is 37.7 Å². The number of carboxylic acids is 1. The van der Waals surface area contributed by atoms with Crippen LogP contribution in [0.25, 0.3) is 0 Å². The largest absolute Gasteiger partial charge is 0.481 e. The molecule has 1 rings (SSSR count). The van der Waals surface area contributed by atoms with Crippen molar-refractivity contribution >= 4 is 5.97 Å². The second-order valence-electron chi connectivity index (χ2n) is 3.80. The van der Waals surface area contributed by atoms with Crippen LogP contribution in [-0.2, 0) is 14.3 Å². The number of carboxylic acid groups (broad SMARTS) is 1. The first kappa shape index (κ1) is 11.5. The molecule has 1 saturated carbocycles. The highest BCUT2D eigenvalue weighted by atomic mass is 16.5. The van der Waals surface area contributed by atoms with Crippen LogP contribution in [0.5, 0.6) is 0 Å². The topological polar surface area (TPSA) is 55.8 Å².